The average Bonchev–Trinajstić information content (AvgIpc) is 2.31. The SMILES string of the molecule is CC(N)C(C)C(=O)NCCc1c(Cl)cccc1Cl.Cl. The summed E-state index contributed by atoms with van der Waals surface area (Å²) in [6, 6.07) is 5.21. The molecule has 6 heteroatoms. The van der Waals surface area contributed by atoms with Crippen LogP contribution in [0.2, 0.25) is 10.0 Å². The van der Waals surface area contributed by atoms with Gasteiger partial charge in [0.2, 0.25) is 5.91 Å². The molecule has 1 amide bonds. The molecule has 0 fully saturated rings. The van der Waals surface area contributed by atoms with Crippen LogP contribution in [0, 0.1) is 5.92 Å². The zero-order chi connectivity index (χ0) is 13.7. The number of carbonyl (C=O) groups is 1. The molecule has 1 aromatic rings. The second-order valence-corrected chi connectivity index (χ2v) is 5.20. The Labute approximate surface area is 130 Å². The van der Waals surface area contributed by atoms with E-state index in [9.17, 15) is 4.79 Å². The maximum atomic E-state index is 11.7. The van der Waals surface area contributed by atoms with E-state index >= 15 is 0 Å². The molecule has 2 unspecified atom stereocenters. The third-order valence-electron chi connectivity index (χ3n) is 2.94. The summed E-state index contributed by atoms with van der Waals surface area (Å²) in [6.07, 6.45) is 0.607. The Hall–Kier alpha value is -0.480. The normalized spacial score (nSPS) is 13.3. The number of benzene rings is 1. The summed E-state index contributed by atoms with van der Waals surface area (Å²) < 4.78 is 0. The highest BCUT2D eigenvalue weighted by molar-refractivity contribution is 6.35. The van der Waals surface area contributed by atoms with E-state index < -0.39 is 0 Å². The highest BCUT2D eigenvalue weighted by atomic mass is 35.5. The van der Waals surface area contributed by atoms with Crippen LogP contribution < -0.4 is 11.1 Å². The lowest BCUT2D eigenvalue weighted by Crippen LogP contribution is -2.39. The van der Waals surface area contributed by atoms with Crippen molar-refractivity contribution in [1.82, 2.24) is 5.32 Å². The van der Waals surface area contributed by atoms with Crippen LogP contribution in [0.5, 0.6) is 0 Å². The van der Waals surface area contributed by atoms with Gasteiger partial charge in [-0.25, -0.2) is 0 Å². The summed E-state index contributed by atoms with van der Waals surface area (Å²) in [5.41, 5.74) is 6.52. The van der Waals surface area contributed by atoms with Crippen LogP contribution in [0.3, 0.4) is 0 Å². The Morgan fingerprint density at radius 3 is 2.32 bits per heavy atom. The van der Waals surface area contributed by atoms with Crippen LogP contribution in [0.1, 0.15) is 19.4 Å². The van der Waals surface area contributed by atoms with Crippen LogP contribution in [0.25, 0.3) is 0 Å². The van der Waals surface area contributed by atoms with Gasteiger partial charge in [-0.15, -0.1) is 12.4 Å². The molecule has 0 aliphatic rings. The Balaban J connectivity index is 0.00000324. The minimum absolute atomic E-state index is 0. The number of hydrogen-bond acceptors (Lipinski definition) is 2. The molecule has 0 aliphatic carbocycles. The smallest absolute Gasteiger partial charge is 0.224 e. The molecular formula is C13H19Cl3N2O. The van der Waals surface area contributed by atoms with E-state index in [1.807, 2.05) is 13.8 Å². The zero-order valence-corrected chi connectivity index (χ0v) is 13.3. The number of nitrogens with two attached hydrogens (primary N) is 1. The number of halogens is 3. The number of rotatable bonds is 5. The van der Waals surface area contributed by atoms with Gasteiger partial charge in [-0.3, -0.25) is 4.79 Å². The largest absolute Gasteiger partial charge is 0.355 e. The highest BCUT2D eigenvalue weighted by Crippen LogP contribution is 2.24. The monoisotopic (exact) mass is 324 g/mol. The van der Waals surface area contributed by atoms with Crippen molar-refractivity contribution in [2.24, 2.45) is 11.7 Å². The van der Waals surface area contributed by atoms with Gasteiger partial charge >= 0.3 is 0 Å². The number of nitrogens with one attached hydrogen (secondary N) is 1. The second kappa shape index (κ2) is 8.64. The molecule has 3 N–H and O–H groups in total. The molecule has 0 heterocycles. The first kappa shape index (κ1) is 18.5. The molecule has 1 rings (SSSR count). The van der Waals surface area contributed by atoms with Crippen molar-refractivity contribution in [2.75, 3.05) is 6.54 Å². The Morgan fingerprint density at radius 2 is 1.84 bits per heavy atom. The van der Waals surface area contributed by atoms with E-state index in [0.717, 1.165) is 5.56 Å². The third kappa shape index (κ3) is 5.57. The van der Waals surface area contributed by atoms with Crippen molar-refractivity contribution in [1.29, 1.82) is 0 Å². The molecule has 0 aliphatic heterocycles. The fourth-order valence-corrected chi connectivity index (χ4v) is 2.07. The van der Waals surface area contributed by atoms with Gasteiger partial charge in [-0.2, -0.15) is 0 Å². The molecule has 3 nitrogen and oxygen atoms in total. The molecule has 19 heavy (non-hydrogen) atoms. The summed E-state index contributed by atoms with van der Waals surface area (Å²) in [6.45, 7) is 4.12. The van der Waals surface area contributed by atoms with E-state index in [4.69, 9.17) is 28.9 Å². The van der Waals surface area contributed by atoms with Gasteiger partial charge in [0.25, 0.3) is 0 Å². The van der Waals surface area contributed by atoms with Crippen LogP contribution in [-0.2, 0) is 11.2 Å². The molecule has 0 spiro atoms. The second-order valence-electron chi connectivity index (χ2n) is 4.39. The highest BCUT2D eigenvalue weighted by Gasteiger charge is 2.16. The maximum absolute atomic E-state index is 11.7. The number of amides is 1. The van der Waals surface area contributed by atoms with E-state index in [1.54, 1.807) is 18.2 Å². The first-order valence-corrected chi connectivity index (χ1v) is 6.65. The molecule has 0 radical (unpaired) electrons. The molecule has 2 atom stereocenters. The van der Waals surface area contributed by atoms with Crippen molar-refractivity contribution >= 4 is 41.5 Å². The Bertz CT molecular complexity index is 404. The zero-order valence-electron chi connectivity index (χ0n) is 11.0. The lowest BCUT2D eigenvalue weighted by Gasteiger charge is -2.15. The van der Waals surface area contributed by atoms with Crippen molar-refractivity contribution in [3.8, 4) is 0 Å². The number of hydrogen-bond donors (Lipinski definition) is 2. The van der Waals surface area contributed by atoms with Gasteiger partial charge in [0, 0.05) is 28.5 Å². The Kier molecular flexibility index (Phi) is 8.42. The quantitative estimate of drug-likeness (QED) is 0.874. The predicted molar refractivity (Wildman–Crippen MR) is 83.2 cm³/mol. The van der Waals surface area contributed by atoms with E-state index in [1.165, 1.54) is 0 Å². The van der Waals surface area contributed by atoms with Crippen LogP contribution >= 0.6 is 35.6 Å². The predicted octanol–water partition coefficient (Wildman–Crippen LogP) is 3.06. The van der Waals surface area contributed by atoms with E-state index in [2.05, 4.69) is 5.32 Å². The van der Waals surface area contributed by atoms with Gasteiger partial charge in [0.05, 0.1) is 0 Å². The fourth-order valence-electron chi connectivity index (χ4n) is 1.48. The van der Waals surface area contributed by atoms with Crippen LogP contribution in [0.4, 0.5) is 0 Å². The molecule has 0 saturated carbocycles. The first-order chi connectivity index (χ1) is 8.43. The van der Waals surface area contributed by atoms with Crippen LogP contribution in [-0.4, -0.2) is 18.5 Å². The molecular weight excluding hydrogens is 307 g/mol. The Morgan fingerprint density at radius 1 is 1.32 bits per heavy atom. The maximum Gasteiger partial charge on any atom is 0.224 e. The minimum atomic E-state index is -0.202. The third-order valence-corrected chi connectivity index (χ3v) is 3.65. The summed E-state index contributed by atoms with van der Waals surface area (Å²) in [4.78, 5) is 11.7. The lowest BCUT2D eigenvalue weighted by molar-refractivity contribution is -0.124. The molecule has 0 saturated heterocycles. The van der Waals surface area contributed by atoms with Gasteiger partial charge in [-0.05, 0) is 31.0 Å². The molecule has 108 valence electrons. The van der Waals surface area contributed by atoms with Crippen molar-refractivity contribution < 1.29 is 4.79 Å². The minimum Gasteiger partial charge on any atom is -0.355 e. The molecule has 0 bridgehead atoms. The fraction of sp³-hybridized carbons (Fsp3) is 0.462. The van der Waals surface area contributed by atoms with Crippen molar-refractivity contribution in [3.63, 3.8) is 0 Å². The summed E-state index contributed by atoms with van der Waals surface area (Å²) in [5, 5.41) is 4.07. The standard InChI is InChI=1S/C13H18Cl2N2O.ClH/c1-8(9(2)16)13(18)17-7-6-10-11(14)4-3-5-12(10)15;/h3-5,8-9H,6-7,16H2,1-2H3,(H,17,18);1H. The summed E-state index contributed by atoms with van der Waals surface area (Å²) >= 11 is 12.1. The van der Waals surface area contributed by atoms with Crippen LogP contribution in [0.15, 0.2) is 18.2 Å². The average molecular weight is 326 g/mol. The summed E-state index contributed by atoms with van der Waals surface area (Å²) in [5.74, 6) is -0.250. The van der Waals surface area contributed by atoms with Gasteiger partial charge < -0.3 is 11.1 Å². The number of carbonyl (C=O) groups excluding carboxylic acids is 1. The summed E-state index contributed by atoms with van der Waals surface area (Å²) in [7, 11) is 0. The van der Waals surface area contributed by atoms with Crippen molar-refractivity contribution in [3.05, 3.63) is 33.8 Å². The lowest BCUT2D eigenvalue weighted by atomic mass is 10.0. The van der Waals surface area contributed by atoms with Gasteiger partial charge in [-0.1, -0.05) is 36.2 Å². The van der Waals surface area contributed by atoms with E-state index in [0.29, 0.717) is 23.0 Å². The van der Waals surface area contributed by atoms with Gasteiger partial charge in [0.1, 0.15) is 0 Å². The van der Waals surface area contributed by atoms with E-state index in [-0.39, 0.29) is 30.3 Å². The molecule has 0 aromatic heterocycles. The molecule has 1 aromatic carbocycles. The van der Waals surface area contributed by atoms with Gasteiger partial charge in [0.15, 0.2) is 0 Å². The first-order valence-electron chi connectivity index (χ1n) is 5.89. The van der Waals surface area contributed by atoms with Crippen molar-refractivity contribution in [2.45, 2.75) is 26.3 Å². The topological polar surface area (TPSA) is 55.1 Å².